The molecule has 1 amide bonds. The molecule has 18 heavy (non-hydrogen) atoms. The molecule has 0 unspecified atom stereocenters. The van der Waals surface area contributed by atoms with Gasteiger partial charge >= 0.3 is 0 Å². The van der Waals surface area contributed by atoms with Crippen molar-refractivity contribution in [3.8, 4) is 0 Å². The van der Waals surface area contributed by atoms with Crippen molar-refractivity contribution in [3.63, 3.8) is 0 Å². The van der Waals surface area contributed by atoms with Gasteiger partial charge in [0.2, 0.25) is 5.91 Å². The molecule has 0 spiro atoms. The lowest BCUT2D eigenvalue weighted by Gasteiger charge is -2.30. The third-order valence-corrected chi connectivity index (χ3v) is 4.85. The number of nitrogens with two attached hydrogens (primary N) is 1. The highest BCUT2D eigenvalue weighted by Gasteiger charge is 2.25. The largest absolute Gasteiger partial charge is 0.355 e. The van der Waals surface area contributed by atoms with Crippen LogP contribution in [0.25, 0.3) is 0 Å². The molecule has 1 aliphatic rings. The van der Waals surface area contributed by atoms with Crippen molar-refractivity contribution < 1.29 is 4.79 Å². The minimum absolute atomic E-state index is 0.100. The van der Waals surface area contributed by atoms with Gasteiger partial charge in [-0.2, -0.15) is 0 Å². The predicted octanol–water partition coefficient (Wildman–Crippen LogP) is 2.84. The first-order chi connectivity index (χ1) is 8.65. The monoisotopic (exact) mass is 254 g/mol. The van der Waals surface area contributed by atoms with Gasteiger partial charge in [0.25, 0.3) is 0 Å². The van der Waals surface area contributed by atoms with Gasteiger partial charge in [-0.15, -0.1) is 0 Å². The van der Waals surface area contributed by atoms with Crippen LogP contribution in [0, 0.1) is 11.3 Å². The summed E-state index contributed by atoms with van der Waals surface area (Å²) in [6, 6.07) is 0. The minimum atomic E-state index is 0.100. The highest BCUT2D eigenvalue weighted by Crippen LogP contribution is 2.28. The fraction of sp³-hybridized carbons (Fsp3) is 0.933. The van der Waals surface area contributed by atoms with Crippen LogP contribution in [-0.2, 0) is 4.79 Å². The molecular weight excluding hydrogens is 224 g/mol. The molecule has 106 valence electrons. The van der Waals surface area contributed by atoms with Crippen molar-refractivity contribution >= 4 is 5.91 Å². The first-order valence-electron chi connectivity index (χ1n) is 7.62. The van der Waals surface area contributed by atoms with Crippen LogP contribution < -0.4 is 11.1 Å². The van der Waals surface area contributed by atoms with Gasteiger partial charge in [0.1, 0.15) is 0 Å². The summed E-state index contributed by atoms with van der Waals surface area (Å²) in [7, 11) is 0. The van der Waals surface area contributed by atoms with E-state index in [0.717, 1.165) is 31.7 Å². The molecule has 3 heteroatoms. The van der Waals surface area contributed by atoms with E-state index < -0.39 is 0 Å². The van der Waals surface area contributed by atoms with Gasteiger partial charge in [-0.05, 0) is 37.1 Å². The fourth-order valence-corrected chi connectivity index (χ4v) is 2.87. The maximum Gasteiger partial charge on any atom is 0.220 e. The van der Waals surface area contributed by atoms with E-state index in [1.807, 2.05) is 0 Å². The number of hydrogen-bond donors (Lipinski definition) is 2. The van der Waals surface area contributed by atoms with Crippen LogP contribution >= 0.6 is 0 Å². The van der Waals surface area contributed by atoms with Crippen LogP contribution in [0.4, 0.5) is 0 Å². The molecule has 3 N–H and O–H groups in total. The van der Waals surface area contributed by atoms with Crippen LogP contribution in [0.5, 0.6) is 0 Å². The average Bonchev–Trinajstić information content (AvgIpc) is 2.92. The van der Waals surface area contributed by atoms with Gasteiger partial charge in [-0.25, -0.2) is 0 Å². The lowest BCUT2D eigenvalue weighted by Crippen LogP contribution is -2.41. The molecule has 0 aromatic rings. The van der Waals surface area contributed by atoms with E-state index in [9.17, 15) is 4.79 Å². The average molecular weight is 254 g/mol. The standard InChI is InChI=1S/C15H30N2O/c1-3-15(4-2,11-16)12-17-14(18)10-9-13-7-5-6-8-13/h13H,3-12,16H2,1-2H3,(H,17,18). The van der Waals surface area contributed by atoms with Gasteiger partial charge in [0.15, 0.2) is 0 Å². The van der Waals surface area contributed by atoms with E-state index in [4.69, 9.17) is 5.73 Å². The molecule has 1 rings (SSSR count). The molecule has 1 fully saturated rings. The molecule has 0 saturated heterocycles. The third-order valence-electron chi connectivity index (χ3n) is 4.85. The molecule has 0 heterocycles. The minimum Gasteiger partial charge on any atom is -0.355 e. The summed E-state index contributed by atoms with van der Waals surface area (Å²) in [5.41, 5.74) is 5.94. The Morgan fingerprint density at radius 3 is 2.39 bits per heavy atom. The highest BCUT2D eigenvalue weighted by molar-refractivity contribution is 5.75. The summed E-state index contributed by atoms with van der Waals surface area (Å²) in [5.74, 6) is 1.01. The van der Waals surface area contributed by atoms with Crippen molar-refractivity contribution in [2.24, 2.45) is 17.1 Å². The van der Waals surface area contributed by atoms with Gasteiger partial charge in [0, 0.05) is 13.0 Å². The zero-order valence-electron chi connectivity index (χ0n) is 12.1. The lowest BCUT2D eigenvalue weighted by molar-refractivity contribution is -0.121. The zero-order valence-corrected chi connectivity index (χ0v) is 12.1. The van der Waals surface area contributed by atoms with E-state index in [2.05, 4.69) is 19.2 Å². The second-order valence-corrected chi connectivity index (χ2v) is 5.88. The number of rotatable bonds is 8. The predicted molar refractivity (Wildman–Crippen MR) is 76.3 cm³/mol. The summed E-state index contributed by atoms with van der Waals surface area (Å²) < 4.78 is 0. The molecule has 0 atom stereocenters. The normalized spacial score (nSPS) is 17.1. The van der Waals surface area contributed by atoms with Crippen LogP contribution in [0.1, 0.15) is 65.2 Å². The molecule has 0 aliphatic heterocycles. The van der Waals surface area contributed by atoms with Crippen LogP contribution in [-0.4, -0.2) is 19.0 Å². The Hall–Kier alpha value is -0.570. The second-order valence-electron chi connectivity index (χ2n) is 5.88. The molecule has 0 aromatic heterocycles. The third kappa shape index (κ3) is 4.60. The Labute approximate surface area is 112 Å². The molecule has 0 aromatic carbocycles. The van der Waals surface area contributed by atoms with E-state index >= 15 is 0 Å². The van der Waals surface area contributed by atoms with Crippen molar-refractivity contribution in [1.29, 1.82) is 0 Å². The molecule has 3 nitrogen and oxygen atoms in total. The summed E-state index contributed by atoms with van der Waals surface area (Å²) in [6.07, 6.45) is 9.18. The van der Waals surface area contributed by atoms with E-state index in [-0.39, 0.29) is 11.3 Å². The summed E-state index contributed by atoms with van der Waals surface area (Å²) in [6.45, 7) is 5.70. The summed E-state index contributed by atoms with van der Waals surface area (Å²) in [5, 5.41) is 3.08. The van der Waals surface area contributed by atoms with Crippen molar-refractivity contribution in [3.05, 3.63) is 0 Å². The SMILES string of the molecule is CCC(CC)(CN)CNC(=O)CCC1CCCC1. The first kappa shape index (κ1) is 15.5. The number of carbonyl (C=O) groups excluding carboxylic acids is 1. The Bertz CT molecular complexity index is 235. The Morgan fingerprint density at radius 1 is 1.28 bits per heavy atom. The van der Waals surface area contributed by atoms with E-state index in [1.54, 1.807) is 0 Å². The molecular formula is C15H30N2O. The molecule has 1 saturated carbocycles. The molecule has 1 aliphatic carbocycles. The van der Waals surface area contributed by atoms with E-state index in [0.29, 0.717) is 13.0 Å². The first-order valence-corrected chi connectivity index (χ1v) is 7.62. The topological polar surface area (TPSA) is 55.1 Å². The summed E-state index contributed by atoms with van der Waals surface area (Å²) >= 11 is 0. The van der Waals surface area contributed by atoms with Crippen LogP contribution in [0.2, 0.25) is 0 Å². The van der Waals surface area contributed by atoms with Crippen molar-refractivity contribution in [2.45, 2.75) is 65.2 Å². The smallest absolute Gasteiger partial charge is 0.220 e. The van der Waals surface area contributed by atoms with E-state index in [1.165, 1.54) is 25.7 Å². The highest BCUT2D eigenvalue weighted by atomic mass is 16.1. The maximum atomic E-state index is 11.8. The quantitative estimate of drug-likeness (QED) is 0.700. The number of carbonyl (C=O) groups is 1. The van der Waals surface area contributed by atoms with Crippen LogP contribution in [0.3, 0.4) is 0 Å². The Morgan fingerprint density at radius 2 is 1.89 bits per heavy atom. The second kappa shape index (κ2) is 7.78. The lowest BCUT2D eigenvalue weighted by atomic mass is 9.82. The van der Waals surface area contributed by atoms with Gasteiger partial charge in [-0.3, -0.25) is 4.79 Å². The van der Waals surface area contributed by atoms with Crippen molar-refractivity contribution in [2.75, 3.05) is 13.1 Å². The van der Waals surface area contributed by atoms with Gasteiger partial charge < -0.3 is 11.1 Å². The Kier molecular flexibility index (Phi) is 6.69. The molecule has 0 radical (unpaired) electrons. The molecule has 0 bridgehead atoms. The van der Waals surface area contributed by atoms with Crippen molar-refractivity contribution in [1.82, 2.24) is 5.32 Å². The summed E-state index contributed by atoms with van der Waals surface area (Å²) in [4.78, 5) is 11.8. The Balaban J connectivity index is 2.22. The maximum absolute atomic E-state index is 11.8. The zero-order chi connectivity index (χ0) is 13.4. The number of amides is 1. The van der Waals surface area contributed by atoms with Gasteiger partial charge in [-0.1, -0.05) is 39.5 Å². The fourth-order valence-electron chi connectivity index (χ4n) is 2.87. The van der Waals surface area contributed by atoms with Gasteiger partial charge in [0.05, 0.1) is 0 Å². The van der Waals surface area contributed by atoms with Crippen LogP contribution in [0.15, 0.2) is 0 Å². The number of nitrogens with one attached hydrogen (secondary N) is 1. The number of hydrogen-bond acceptors (Lipinski definition) is 2.